The molecule has 0 amide bonds. The molecule has 2 rings (SSSR count). The molecule has 1 aliphatic heterocycles. The van der Waals surface area contributed by atoms with Gasteiger partial charge < -0.3 is 15.5 Å². The third-order valence-corrected chi connectivity index (χ3v) is 4.65. The van der Waals surface area contributed by atoms with E-state index in [4.69, 9.17) is 0 Å². The van der Waals surface area contributed by atoms with Crippen molar-refractivity contribution >= 4 is 5.96 Å². The Morgan fingerprint density at radius 1 is 1.39 bits per heavy atom. The van der Waals surface area contributed by atoms with E-state index in [1.54, 1.807) is 0 Å². The first-order valence-corrected chi connectivity index (χ1v) is 8.71. The van der Waals surface area contributed by atoms with Crippen molar-refractivity contribution in [3.05, 3.63) is 29.6 Å². The maximum absolute atomic E-state index is 4.36. The molecule has 1 aromatic heterocycles. The fraction of sp³-hybridized carbons (Fsp3) is 0.667. The Kier molecular flexibility index (Phi) is 6.84. The highest BCUT2D eigenvalue weighted by Gasteiger charge is 2.21. The highest BCUT2D eigenvalue weighted by Crippen LogP contribution is 2.12. The first-order valence-electron chi connectivity index (χ1n) is 8.71. The number of piperidine rings is 1. The van der Waals surface area contributed by atoms with Gasteiger partial charge in [0.2, 0.25) is 0 Å². The zero-order valence-corrected chi connectivity index (χ0v) is 15.0. The lowest BCUT2D eigenvalue weighted by molar-refractivity contribution is 0.167. The van der Waals surface area contributed by atoms with Gasteiger partial charge in [0.1, 0.15) is 0 Å². The minimum Gasteiger partial charge on any atom is -0.356 e. The van der Waals surface area contributed by atoms with Gasteiger partial charge in [-0.15, -0.1) is 0 Å². The zero-order valence-electron chi connectivity index (χ0n) is 15.0. The van der Waals surface area contributed by atoms with Crippen LogP contribution in [0.5, 0.6) is 0 Å². The quantitative estimate of drug-likeness (QED) is 0.644. The molecule has 2 heterocycles. The van der Waals surface area contributed by atoms with Gasteiger partial charge in [-0.2, -0.15) is 0 Å². The molecule has 0 atom stereocenters. The number of guanidine groups is 1. The summed E-state index contributed by atoms with van der Waals surface area (Å²) < 4.78 is 0. The van der Waals surface area contributed by atoms with Crippen LogP contribution in [0.2, 0.25) is 0 Å². The standard InChI is InChI=1S/C18H31N5/c1-14(2)23-11-7-17(8-12-23)22-18(19-4)21-10-6-16-5-9-20-13-15(16)3/h5,9,13-14,17H,6-8,10-12H2,1-4H3,(H2,19,21,22). The van der Waals surface area contributed by atoms with Gasteiger partial charge in [0.05, 0.1) is 0 Å². The van der Waals surface area contributed by atoms with Crippen LogP contribution in [0.25, 0.3) is 0 Å². The predicted molar refractivity (Wildman–Crippen MR) is 96.9 cm³/mol. The van der Waals surface area contributed by atoms with Gasteiger partial charge in [-0.3, -0.25) is 9.98 Å². The van der Waals surface area contributed by atoms with E-state index < -0.39 is 0 Å². The molecular formula is C18H31N5. The van der Waals surface area contributed by atoms with Crippen LogP contribution in [0.4, 0.5) is 0 Å². The number of pyridine rings is 1. The second-order valence-corrected chi connectivity index (χ2v) is 6.60. The van der Waals surface area contributed by atoms with E-state index in [0.29, 0.717) is 12.1 Å². The molecule has 5 nitrogen and oxygen atoms in total. The zero-order chi connectivity index (χ0) is 16.7. The van der Waals surface area contributed by atoms with Gasteiger partial charge in [-0.25, -0.2) is 0 Å². The van der Waals surface area contributed by atoms with E-state index in [2.05, 4.69) is 52.3 Å². The summed E-state index contributed by atoms with van der Waals surface area (Å²) in [5, 5.41) is 7.00. The highest BCUT2D eigenvalue weighted by atomic mass is 15.2. The third-order valence-electron chi connectivity index (χ3n) is 4.65. The van der Waals surface area contributed by atoms with Gasteiger partial charge in [-0.1, -0.05) is 0 Å². The Morgan fingerprint density at radius 2 is 2.13 bits per heavy atom. The van der Waals surface area contributed by atoms with Gasteiger partial charge in [-0.05, 0) is 57.2 Å². The molecule has 23 heavy (non-hydrogen) atoms. The van der Waals surface area contributed by atoms with Crippen LogP contribution < -0.4 is 10.6 Å². The van der Waals surface area contributed by atoms with E-state index in [1.807, 2.05) is 19.4 Å². The van der Waals surface area contributed by atoms with Crippen LogP contribution >= 0.6 is 0 Å². The fourth-order valence-corrected chi connectivity index (χ4v) is 3.05. The van der Waals surface area contributed by atoms with Crippen molar-refractivity contribution in [1.82, 2.24) is 20.5 Å². The first kappa shape index (κ1) is 17.7. The Balaban J connectivity index is 1.73. The molecule has 0 radical (unpaired) electrons. The number of likely N-dealkylation sites (tertiary alicyclic amines) is 1. The topological polar surface area (TPSA) is 52.6 Å². The summed E-state index contributed by atoms with van der Waals surface area (Å²) in [6.45, 7) is 9.88. The third kappa shape index (κ3) is 5.50. The van der Waals surface area contributed by atoms with Gasteiger partial charge in [0.25, 0.3) is 0 Å². The maximum Gasteiger partial charge on any atom is 0.191 e. The summed E-state index contributed by atoms with van der Waals surface area (Å²) in [4.78, 5) is 11.0. The lowest BCUT2D eigenvalue weighted by Gasteiger charge is -2.35. The minimum atomic E-state index is 0.527. The largest absolute Gasteiger partial charge is 0.356 e. The molecule has 1 aliphatic rings. The average molecular weight is 317 g/mol. The number of aliphatic imine (C=N–C) groups is 1. The number of hydrogen-bond acceptors (Lipinski definition) is 3. The van der Waals surface area contributed by atoms with E-state index in [9.17, 15) is 0 Å². The smallest absolute Gasteiger partial charge is 0.191 e. The fourth-order valence-electron chi connectivity index (χ4n) is 3.05. The van der Waals surface area contributed by atoms with Crippen LogP contribution in [0.1, 0.15) is 37.8 Å². The van der Waals surface area contributed by atoms with Crippen LogP contribution in [0.3, 0.4) is 0 Å². The molecule has 0 bridgehead atoms. The van der Waals surface area contributed by atoms with Crippen molar-refractivity contribution in [3.63, 3.8) is 0 Å². The summed E-state index contributed by atoms with van der Waals surface area (Å²) in [6, 6.07) is 3.27. The molecule has 0 aliphatic carbocycles. The number of rotatable bonds is 5. The molecular weight excluding hydrogens is 286 g/mol. The van der Waals surface area contributed by atoms with Gasteiger partial charge >= 0.3 is 0 Å². The minimum absolute atomic E-state index is 0.527. The summed E-state index contributed by atoms with van der Waals surface area (Å²) >= 11 is 0. The molecule has 1 saturated heterocycles. The predicted octanol–water partition coefficient (Wildman–Crippen LogP) is 1.97. The number of hydrogen-bond donors (Lipinski definition) is 2. The van der Waals surface area contributed by atoms with Crippen LogP contribution in [-0.4, -0.2) is 54.6 Å². The number of aryl methyl sites for hydroxylation is 1. The van der Waals surface area contributed by atoms with Gasteiger partial charge in [0, 0.05) is 51.2 Å². The Hall–Kier alpha value is -1.62. The normalized spacial score (nSPS) is 17.5. The number of aromatic nitrogens is 1. The van der Waals surface area contributed by atoms with Crippen LogP contribution in [-0.2, 0) is 6.42 Å². The van der Waals surface area contributed by atoms with Crippen molar-refractivity contribution in [1.29, 1.82) is 0 Å². The van der Waals surface area contributed by atoms with E-state index >= 15 is 0 Å². The Bertz CT molecular complexity index is 504. The average Bonchev–Trinajstić information content (AvgIpc) is 2.56. The number of nitrogens with one attached hydrogen (secondary N) is 2. The Morgan fingerprint density at radius 3 is 2.74 bits per heavy atom. The summed E-state index contributed by atoms with van der Waals surface area (Å²) in [7, 11) is 1.84. The lowest BCUT2D eigenvalue weighted by Crippen LogP contribution is -2.50. The molecule has 2 N–H and O–H groups in total. The van der Waals surface area contributed by atoms with Crippen molar-refractivity contribution in [2.75, 3.05) is 26.7 Å². The lowest BCUT2D eigenvalue weighted by atomic mass is 10.0. The van der Waals surface area contributed by atoms with Crippen molar-refractivity contribution in [3.8, 4) is 0 Å². The molecule has 5 heteroatoms. The first-order chi connectivity index (χ1) is 11.1. The van der Waals surface area contributed by atoms with Crippen molar-refractivity contribution in [2.24, 2.45) is 4.99 Å². The molecule has 1 fully saturated rings. The molecule has 128 valence electrons. The van der Waals surface area contributed by atoms with Crippen molar-refractivity contribution < 1.29 is 0 Å². The van der Waals surface area contributed by atoms with E-state index in [0.717, 1.165) is 18.9 Å². The van der Waals surface area contributed by atoms with Crippen LogP contribution in [0.15, 0.2) is 23.5 Å². The maximum atomic E-state index is 4.36. The summed E-state index contributed by atoms with van der Waals surface area (Å²) in [5.41, 5.74) is 2.59. The molecule has 1 aromatic rings. The second-order valence-electron chi connectivity index (χ2n) is 6.60. The van der Waals surface area contributed by atoms with E-state index in [1.165, 1.54) is 37.1 Å². The monoisotopic (exact) mass is 317 g/mol. The Labute approximate surface area is 140 Å². The molecule has 0 unspecified atom stereocenters. The second kappa shape index (κ2) is 8.87. The van der Waals surface area contributed by atoms with E-state index in [-0.39, 0.29) is 0 Å². The molecule has 0 aromatic carbocycles. The molecule has 0 spiro atoms. The summed E-state index contributed by atoms with van der Waals surface area (Å²) in [5.74, 6) is 0.916. The number of nitrogens with zero attached hydrogens (tertiary/aromatic N) is 3. The SMILES string of the molecule is CN=C(NCCc1ccncc1C)NC1CCN(C(C)C)CC1. The van der Waals surface area contributed by atoms with Crippen LogP contribution in [0, 0.1) is 6.92 Å². The molecule has 0 saturated carbocycles. The van der Waals surface area contributed by atoms with Crippen molar-refractivity contribution in [2.45, 2.75) is 52.1 Å². The van der Waals surface area contributed by atoms with Gasteiger partial charge in [0.15, 0.2) is 5.96 Å². The summed E-state index contributed by atoms with van der Waals surface area (Å²) in [6.07, 6.45) is 7.13. The highest BCUT2D eigenvalue weighted by molar-refractivity contribution is 5.79.